The normalized spacial score (nSPS) is 26.0. The fourth-order valence-electron chi connectivity index (χ4n) is 4.39. The van der Waals surface area contributed by atoms with Crippen molar-refractivity contribution in [2.75, 3.05) is 26.2 Å². The van der Waals surface area contributed by atoms with Gasteiger partial charge in [0.05, 0.1) is 5.60 Å². The zero-order valence-corrected chi connectivity index (χ0v) is 14.8. The van der Waals surface area contributed by atoms with Crippen LogP contribution in [0.5, 0.6) is 0 Å². The summed E-state index contributed by atoms with van der Waals surface area (Å²) in [5, 5.41) is 8.76. The number of piperidine rings is 1. The zero-order chi connectivity index (χ0) is 16.6. The summed E-state index contributed by atoms with van der Waals surface area (Å²) in [6.45, 7) is 8.93. The van der Waals surface area contributed by atoms with Crippen LogP contribution in [0.2, 0.25) is 0 Å². The molecule has 0 spiro atoms. The molecule has 5 heteroatoms. The number of nitrogens with zero attached hydrogens (tertiary/aromatic N) is 4. The van der Waals surface area contributed by atoms with E-state index in [1.54, 1.807) is 0 Å². The van der Waals surface area contributed by atoms with Gasteiger partial charge >= 0.3 is 0 Å². The fourth-order valence-corrected chi connectivity index (χ4v) is 4.39. The van der Waals surface area contributed by atoms with Crippen LogP contribution in [0.3, 0.4) is 0 Å². The first-order chi connectivity index (χ1) is 11.6. The Kier molecular flexibility index (Phi) is 4.31. The quantitative estimate of drug-likeness (QED) is 0.868. The molecule has 2 aromatic heterocycles. The largest absolute Gasteiger partial charge is 0.376 e. The number of fused-ring (bicyclic) bond motifs is 1. The molecule has 0 aliphatic carbocycles. The maximum absolute atomic E-state index is 5.86. The Labute approximate surface area is 144 Å². The van der Waals surface area contributed by atoms with Gasteiger partial charge in [-0.25, -0.2) is 0 Å². The van der Waals surface area contributed by atoms with E-state index in [2.05, 4.69) is 45.6 Å². The van der Waals surface area contributed by atoms with Gasteiger partial charge in [0.25, 0.3) is 0 Å². The summed E-state index contributed by atoms with van der Waals surface area (Å²) >= 11 is 0. The summed E-state index contributed by atoms with van der Waals surface area (Å²) in [6.07, 6.45) is 6.84. The summed E-state index contributed by atoms with van der Waals surface area (Å²) < 4.78 is 8.01. The van der Waals surface area contributed by atoms with Crippen molar-refractivity contribution >= 4 is 5.65 Å². The van der Waals surface area contributed by atoms with E-state index >= 15 is 0 Å². The highest BCUT2D eigenvalue weighted by Gasteiger charge is 2.31. The van der Waals surface area contributed by atoms with Crippen molar-refractivity contribution in [1.82, 2.24) is 19.5 Å². The van der Waals surface area contributed by atoms with Crippen LogP contribution in [0.15, 0.2) is 24.4 Å². The number of ether oxygens (including phenoxy) is 1. The van der Waals surface area contributed by atoms with Gasteiger partial charge in [0.2, 0.25) is 0 Å². The lowest BCUT2D eigenvalue weighted by Crippen LogP contribution is -2.42. The number of pyridine rings is 1. The van der Waals surface area contributed by atoms with Crippen LogP contribution in [0.1, 0.15) is 51.3 Å². The fraction of sp³-hybridized carbons (Fsp3) is 0.684. The number of rotatable bonds is 3. The second-order valence-corrected chi connectivity index (χ2v) is 8.03. The average molecular weight is 328 g/mol. The monoisotopic (exact) mass is 328 g/mol. The molecule has 130 valence electrons. The molecule has 0 amide bonds. The van der Waals surface area contributed by atoms with Crippen molar-refractivity contribution in [3.05, 3.63) is 30.2 Å². The van der Waals surface area contributed by atoms with Crippen LogP contribution in [-0.4, -0.2) is 51.3 Å². The second-order valence-electron chi connectivity index (χ2n) is 8.03. The molecule has 0 radical (unpaired) electrons. The molecule has 2 aliphatic rings. The Morgan fingerprint density at radius 3 is 2.79 bits per heavy atom. The molecule has 2 aromatic rings. The molecule has 0 unspecified atom stereocenters. The topological polar surface area (TPSA) is 42.7 Å². The lowest BCUT2D eigenvalue weighted by atomic mass is 9.87. The molecule has 1 atom stereocenters. The predicted octanol–water partition coefficient (Wildman–Crippen LogP) is 3.11. The minimum Gasteiger partial charge on any atom is -0.376 e. The summed E-state index contributed by atoms with van der Waals surface area (Å²) in [4.78, 5) is 2.64. The standard InChI is InChI=1S/C19H28N4O/c1-19(2)13-15(8-12-24-19)14-22-10-6-16(7-11-22)18-21-20-17-5-3-4-9-23(17)18/h3-5,9,15-16H,6-8,10-14H2,1-2H3/t15-/m0/s1. The smallest absolute Gasteiger partial charge is 0.160 e. The minimum atomic E-state index is 0.0572. The van der Waals surface area contributed by atoms with E-state index < -0.39 is 0 Å². The van der Waals surface area contributed by atoms with Crippen molar-refractivity contribution < 1.29 is 4.74 Å². The van der Waals surface area contributed by atoms with E-state index in [1.165, 1.54) is 45.3 Å². The van der Waals surface area contributed by atoms with Crippen molar-refractivity contribution in [2.24, 2.45) is 5.92 Å². The molecule has 4 heterocycles. The van der Waals surface area contributed by atoms with Gasteiger partial charge < -0.3 is 9.64 Å². The molecule has 2 saturated heterocycles. The van der Waals surface area contributed by atoms with Gasteiger partial charge in [-0.3, -0.25) is 4.40 Å². The van der Waals surface area contributed by atoms with Gasteiger partial charge in [0, 0.05) is 25.3 Å². The van der Waals surface area contributed by atoms with Crippen molar-refractivity contribution in [2.45, 2.75) is 51.0 Å². The summed E-state index contributed by atoms with van der Waals surface area (Å²) in [5.74, 6) is 2.45. The summed E-state index contributed by atoms with van der Waals surface area (Å²) in [5.41, 5.74) is 1.01. The maximum atomic E-state index is 5.86. The number of aromatic nitrogens is 3. The minimum absolute atomic E-state index is 0.0572. The Morgan fingerprint density at radius 1 is 1.17 bits per heavy atom. The first kappa shape index (κ1) is 16.0. The van der Waals surface area contributed by atoms with Gasteiger partial charge in [-0.1, -0.05) is 6.07 Å². The molecule has 0 aromatic carbocycles. The zero-order valence-electron chi connectivity index (χ0n) is 14.8. The Balaban J connectivity index is 1.35. The highest BCUT2D eigenvalue weighted by Crippen LogP contribution is 2.32. The number of hydrogen-bond donors (Lipinski definition) is 0. The SMILES string of the molecule is CC1(C)C[C@@H](CN2CCC(c3nnc4ccccn34)CC2)CCO1. The molecule has 2 fully saturated rings. The van der Waals surface area contributed by atoms with Gasteiger partial charge in [0.1, 0.15) is 5.82 Å². The van der Waals surface area contributed by atoms with Crippen molar-refractivity contribution in [3.8, 4) is 0 Å². The third-order valence-corrected chi connectivity index (χ3v) is 5.61. The molecular formula is C19H28N4O. The third-order valence-electron chi connectivity index (χ3n) is 5.61. The van der Waals surface area contributed by atoms with Crippen LogP contribution >= 0.6 is 0 Å². The summed E-state index contributed by atoms with van der Waals surface area (Å²) in [7, 11) is 0. The van der Waals surface area contributed by atoms with Crippen molar-refractivity contribution in [3.63, 3.8) is 0 Å². The van der Waals surface area contributed by atoms with E-state index in [-0.39, 0.29) is 5.60 Å². The van der Waals surface area contributed by atoms with Gasteiger partial charge in [-0.2, -0.15) is 0 Å². The summed E-state index contributed by atoms with van der Waals surface area (Å²) in [6, 6.07) is 6.10. The van der Waals surface area contributed by atoms with Crippen LogP contribution in [0.4, 0.5) is 0 Å². The van der Waals surface area contributed by atoms with E-state index in [9.17, 15) is 0 Å². The highest BCUT2D eigenvalue weighted by molar-refractivity contribution is 5.37. The van der Waals surface area contributed by atoms with Gasteiger partial charge in [-0.05, 0) is 70.7 Å². The van der Waals surface area contributed by atoms with Gasteiger partial charge in [-0.15, -0.1) is 10.2 Å². The van der Waals surface area contributed by atoms with E-state index in [4.69, 9.17) is 4.74 Å². The molecule has 5 nitrogen and oxygen atoms in total. The number of likely N-dealkylation sites (tertiary alicyclic amines) is 1. The van der Waals surface area contributed by atoms with E-state index in [0.717, 1.165) is 24.0 Å². The molecule has 0 bridgehead atoms. The lowest BCUT2D eigenvalue weighted by molar-refractivity contribution is -0.0775. The second kappa shape index (κ2) is 6.45. The first-order valence-electron chi connectivity index (χ1n) is 9.27. The highest BCUT2D eigenvalue weighted by atomic mass is 16.5. The van der Waals surface area contributed by atoms with E-state index in [0.29, 0.717) is 5.92 Å². The molecule has 24 heavy (non-hydrogen) atoms. The molecular weight excluding hydrogens is 300 g/mol. The Bertz CT molecular complexity index is 687. The molecule has 2 aliphatic heterocycles. The molecule has 4 rings (SSSR count). The van der Waals surface area contributed by atoms with Crippen LogP contribution in [0.25, 0.3) is 5.65 Å². The molecule has 0 N–H and O–H groups in total. The predicted molar refractivity (Wildman–Crippen MR) is 94.2 cm³/mol. The maximum Gasteiger partial charge on any atom is 0.160 e. The lowest BCUT2D eigenvalue weighted by Gasteiger charge is -2.39. The first-order valence-corrected chi connectivity index (χ1v) is 9.27. The van der Waals surface area contributed by atoms with Gasteiger partial charge in [0.15, 0.2) is 5.65 Å². The van der Waals surface area contributed by atoms with Crippen LogP contribution < -0.4 is 0 Å². The average Bonchev–Trinajstić information content (AvgIpc) is 2.99. The Hall–Kier alpha value is -1.46. The van der Waals surface area contributed by atoms with Crippen LogP contribution in [0, 0.1) is 5.92 Å². The Morgan fingerprint density at radius 2 is 2.00 bits per heavy atom. The molecule has 0 saturated carbocycles. The van der Waals surface area contributed by atoms with Crippen LogP contribution in [-0.2, 0) is 4.74 Å². The number of hydrogen-bond acceptors (Lipinski definition) is 4. The van der Waals surface area contributed by atoms with Crippen molar-refractivity contribution in [1.29, 1.82) is 0 Å². The van der Waals surface area contributed by atoms with E-state index in [1.807, 2.05) is 12.1 Å². The third kappa shape index (κ3) is 3.33.